The van der Waals surface area contributed by atoms with E-state index in [1.165, 1.54) is 11.1 Å². The van der Waals surface area contributed by atoms with Gasteiger partial charge in [0.25, 0.3) is 5.91 Å². The van der Waals surface area contributed by atoms with Gasteiger partial charge in [0.15, 0.2) is 0 Å². The number of carbonyl (C=O) groups is 1. The van der Waals surface area contributed by atoms with Gasteiger partial charge in [-0.3, -0.25) is 4.79 Å². The van der Waals surface area contributed by atoms with Crippen LogP contribution in [0.1, 0.15) is 35.2 Å². The molecule has 0 unspecified atom stereocenters. The number of aromatic amines is 1. The normalized spacial score (nSPS) is 16.6. The molecule has 5 N–H and O–H groups in total. The van der Waals surface area contributed by atoms with E-state index in [2.05, 4.69) is 61.9 Å². The maximum absolute atomic E-state index is 12.9. The highest BCUT2D eigenvalue weighted by molar-refractivity contribution is 5.97. The number of hydrogen-bond acceptors (Lipinski definition) is 4. The number of nitrogens with two attached hydrogens (primary N) is 1. The van der Waals surface area contributed by atoms with Crippen LogP contribution in [0.4, 0.5) is 17.2 Å². The predicted octanol–water partition coefficient (Wildman–Crippen LogP) is 3.68. The van der Waals surface area contributed by atoms with Crippen LogP contribution >= 0.6 is 0 Å². The standard InChI is InChI=1S/C30H35N7O/c1-36(26-13-18-32-19-14-26)29(38)24-9-11-25(12-10-24)34-30(31)35-28-27(8-5-17-33-28)37-20-15-23(16-21-37)22-6-3-2-4-7-22/h2-12,15,17,26,32H,13-14,16,18-21H2,1H3,(H3,31,33,34,35)/p+1. The fourth-order valence-corrected chi connectivity index (χ4v) is 5.12. The fourth-order valence-electron chi connectivity index (χ4n) is 5.12. The molecular formula is C30H36N7O+. The number of anilines is 2. The van der Waals surface area contributed by atoms with Crippen molar-refractivity contribution in [2.24, 2.45) is 10.7 Å². The number of piperidine rings is 1. The van der Waals surface area contributed by atoms with Crippen LogP contribution in [0.5, 0.6) is 0 Å². The summed E-state index contributed by atoms with van der Waals surface area (Å²) in [4.78, 5) is 25.0. The SMILES string of the molecule is CN(C(=O)c1ccc(N/C(N)=N/c2[nH+]cccc2N2CC=C(c3ccccc3)CC2)cc1)C1CCNCC1. The van der Waals surface area contributed by atoms with Crippen molar-refractivity contribution in [3.05, 3.63) is 90.1 Å². The van der Waals surface area contributed by atoms with Gasteiger partial charge < -0.3 is 26.2 Å². The van der Waals surface area contributed by atoms with Crippen molar-refractivity contribution in [1.82, 2.24) is 10.2 Å². The van der Waals surface area contributed by atoms with Crippen LogP contribution in [0.2, 0.25) is 0 Å². The topological polar surface area (TPSA) is 100 Å². The quantitative estimate of drug-likeness (QED) is 0.347. The molecule has 0 bridgehead atoms. The van der Waals surface area contributed by atoms with Gasteiger partial charge in [-0.15, -0.1) is 0 Å². The Balaban J connectivity index is 1.24. The molecule has 1 amide bonds. The highest BCUT2D eigenvalue weighted by atomic mass is 16.2. The molecule has 0 atom stereocenters. The van der Waals surface area contributed by atoms with Crippen LogP contribution in [-0.4, -0.2) is 56.0 Å². The number of H-pyrrole nitrogens is 1. The largest absolute Gasteiger partial charge is 0.361 e. The number of hydrogen-bond donors (Lipinski definition) is 3. The Labute approximate surface area is 224 Å². The summed E-state index contributed by atoms with van der Waals surface area (Å²) in [6, 6.07) is 22.2. The zero-order chi connectivity index (χ0) is 26.3. The lowest BCUT2D eigenvalue weighted by Crippen LogP contribution is -2.43. The minimum Gasteiger partial charge on any atom is -0.361 e. The van der Waals surface area contributed by atoms with E-state index in [1.54, 1.807) is 0 Å². The van der Waals surface area contributed by atoms with Gasteiger partial charge in [-0.1, -0.05) is 36.4 Å². The van der Waals surface area contributed by atoms with E-state index in [9.17, 15) is 4.79 Å². The molecule has 0 radical (unpaired) electrons. The molecule has 0 aliphatic carbocycles. The summed E-state index contributed by atoms with van der Waals surface area (Å²) in [7, 11) is 1.89. The molecule has 196 valence electrons. The molecule has 1 saturated heterocycles. The molecule has 38 heavy (non-hydrogen) atoms. The number of aliphatic imine (C=N–C) groups is 1. The summed E-state index contributed by atoms with van der Waals surface area (Å²) in [6.07, 6.45) is 7.06. The first-order chi connectivity index (χ1) is 18.6. The number of guanidine groups is 1. The van der Waals surface area contributed by atoms with E-state index in [0.717, 1.165) is 56.8 Å². The molecule has 1 fully saturated rings. The number of rotatable bonds is 6. The molecule has 0 saturated carbocycles. The van der Waals surface area contributed by atoms with Gasteiger partial charge in [0.1, 0.15) is 5.69 Å². The Hall–Kier alpha value is -4.17. The second-order valence-corrected chi connectivity index (χ2v) is 9.79. The first-order valence-corrected chi connectivity index (χ1v) is 13.3. The third-order valence-corrected chi connectivity index (χ3v) is 7.32. The van der Waals surface area contributed by atoms with Crippen molar-refractivity contribution in [3.63, 3.8) is 0 Å². The van der Waals surface area contributed by atoms with Gasteiger partial charge in [0.2, 0.25) is 0 Å². The van der Waals surface area contributed by atoms with E-state index in [0.29, 0.717) is 11.4 Å². The molecule has 3 aromatic rings. The lowest BCUT2D eigenvalue weighted by Gasteiger charge is -2.31. The number of nitrogens with zero attached hydrogens (tertiary/aromatic N) is 3. The molecule has 1 aromatic heterocycles. The number of amides is 1. The summed E-state index contributed by atoms with van der Waals surface area (Å²) in [5.41, 5.74) is 11.4. The van der Waals surface area contributed by atoms with Gasteiger partial charge in [-0.2, -0.15) is 0 Å². The highest BCUT2D eigenvalue weighted by Crippen LogP contribution is 2.29. The van der Waals surface area contributed by atoms with E-state index in [-0.39, 0.29) is 17.9 Å². The van der Waals surface area contributed by atoms with Crippen LogP contribution in [-0.2, 0) is 0 Å². The molecule has 2 aromatic carbocycles. The number of benzene rings is 2. The molecular weight excluding hydrogens is 474 g/mol. The summed E-state index contributed by atoms with van der Waals surface area (Å²) in [5.74, 6) is 1.02. The summed E-state index contributed by atoms with van der Waals surface area (Å²) in [5, 5.41) is 6.50. The van der Waals surface area contributed by atoms with Crippen molar-refractivity contribution in [2.45, 2.75) is 25.3 Å². The molecule has 2 aliphatic rings. The van der Waals surface area contributed by atoms with Crippen LogP contribution < -0.4 is 26.3 Å². The summed E-state index contributed by atoms with van der Waals surface area (Å²) >= 11 is 0. The van der Waals surface area contributed by atoms with Crippen LogP contribution in [0.25, 0.3) is 5.57 Å². The van der Waals surface area contributed by atoms with Gasteiger partial charge in [-0.25, -0.2) is 4.98 Å². The minimum absolute atomic E-state index is 0.0413. The van der Waals surface area contributed by atoms with E-state index in [4.69, 9.17) is 5.73 Å². The average molecular weight is 511 g/mol. The third kappa shape index (κ3) is 6.03. The van der Waals surface area contributed by atoms with Gasteiger partial charge in [-0.05, 0) is 84.9 Å². The van der Waals surface area contributed by atoms with Gasteiger partial charge in [0, 0.05) is 37.4 Å². The fraction of sp³-hybridized carbons (Fsp3) is 0.300. The lowest BCUT2D eigenvalue weighted by atomic mass is 9.99. The van der Waals surface area contributed by atoms with Gasteiger partial charge >= 0.3 is 11.8 Å². The first-order valence-electron chi connectivity index (χ1n) is 13.3. The number of aromatic nitrogens is 1. The van der Waals surface area contributed by atoms with Crippen molar-refractivity contribution in [3.8, 4) is 0 Å². The van der Waals surface area contributed by atoms with E-state index in [1.807, 2.05) is 54.5 Å². The maximum Gasteiger partial charge on any atom is 0.348 e. The monoisotopic (exact) mass is 510 g/mol. The predicted molar refractivity (Wildman–Crippen MR) is 154 cm³/mol. The molecule has 5 rings (SSSR count). The van der Waals surface area contributed by atoms with Crippen LogP contribution in [0.15, 0.2) is 84.0 Å². The minimum atomic E-state index is 0.0413. The summed E-state index contributed by atoms with van der Waals surface area (Å²) in [6.45, 7) is 3.61. The third-order valence-electron chi connectivity index (χ3n) is 7.32. The Bertz CT molecular complexity index is 1300. The molecule has 2 aliphatic heterocycles. The average Bonchev–Trinajstić information content (AvgIpc) is 2.98. The zero-order valence-electron chi connectivity index (χ0n) is 21.9. The molecule has 3 heterocycles. The second kappa shape index (κ2) is 11.9. The van der Waals surface area contributed by atoms with E-state index < -0.39 is 0 Å². The van der Waals surface area contributed by atoms with Gasteiger partial charge in [0.05, 0.1) is 6.20 Å². The molecule has 8 heteroatoms. The number of nitrogens with one attached hydrogen (secondary N) is 3. The number of carbonyl (C=O) groups excluding carboxylic acids is 1. The van der Waals surface area contributed by atoms with Crippen molar-refractivity contribution in [1.29, 1.82) is 0 Å². The Kier molecular flexibility index (Phi) is 7.99. The summed E-state index contributed by atoms with van der Waals surface area (Å²) < 4.78 is 0. The highest BCUT2D eigenvalue weighted by Gasteiger charge is 2.23. The second-order valence-electron chi connectivity index (χ2n) is 9.79. The Morgan fingerprint density at radius 3 is 2.55 bits per heavy atom. The first kappa shape index (κ1) is 25.5. The molecule has 0 spiro atoms. The van der Waals surface area contributed by atoms with Crippen molar-refractivity contribution in [2.75, 3.05) is 43.4 Å². The zero-order valence-corrected chi connectivity index (χ0v) is 21.9. The Morgan fingerprint density at radius 1 is 1.08 bits per heavy atom. The smallest absolute Gasteiger partial charge is 0.348 e. The maximum atomic E-state index is 12.9. The van der Waals surface area contributed by atoms with E-state index >= 15 is 0 Å². The van der Waals surface area contributed by atoms with Crippen LogP contribution in [0.3, 0.4) is 0 Å². The Morgan fingerprint density at radius 2 is 1.84 bits per heavy atom. The van der Waals surface area contributed by atoms with Crippen molar-refractivity contribution < 1.29 is 9.78 Å². The lowest BCUT2D eigenvalue weighted by molar-refractivity contribution is -0.362. The van der Waals surface area contributed by atoms with Crippen LogP contribution in [0, 0.1) is 0 Å². The van der Waals surface area contributed by atoms with Crippen molar-refractivity contribution >= 4 is 34.6 Å². The molecule has 8 nitrogen and oxygen atoms in total. The number of pyridine rings is 1.